The van der Waals surface area contributed by atoms with Gasteiger partial charge in [-0.1, -0.05) is 35.9 Å². The van der Waals surface area contributed by atoms with Crippen molar-refractivity contribution < 1.29 is 18.3 Å². The fraction of sp³-hybridized carbons (Fsp3) is 0.167. The summed E-state index contributed by atoms with van der Waals surface area (Å²) in [5.74, 6) is -0.468. The molecule has 2 aromatic carbocycles. The number of para-hydroxylation sites is 1. The third-order valence-corrected chi connectivity index (χ3v) is 5.59. The molecule has 26 heavy (non-hydrogen) atoms. The summed E-state index contributed by atoms with van der Waals surface area (Å²) >= 11 is 6.16. The molecule has 0 radical (unpaired) electrons. The second-order valence-corrected chi connectivity index (χ2v) is 7.55. The van der Waals surface area contributed by atoms with Crippen molar-refractivity contribution in [1.82, 2.24) is 5.32 Å². The van der Waals surface area contributed by atoms with Crippen molar-refractivity contribution in [2.24, 2.45) is 0 Å². The topological polar surface area (TPSA) is 86.7 Å². The van der Waals surface area contributed by atoms with Gasteiger partial charge in [-0.3, -0.25) is 9.10 Å². The fourth-order valence-corrected chi connectivity index (χ4v) is 4.08. The molecule has 0 heterocycles. The number of aliphatic hydroxyl groups is 1. The Kier molecular flexibility index (Phi) is 6.79. The van der Waals surface area contributed by atoms with Gasteiger partial charge in [0, 0.05) is 12.1 Å². The first-order valence-electron chi connectivity index (χ1n) is 7.79. The van der Waals surface area contributed by atoms with E-state index in [0.29, 0.717) is 5.69 Å². The van der Waals surface area contributed by atoms with Crippen LogP contribution in [0.25, 0.3) is 0 Å². The third kappa shape index (κ3) is 4.43. The Morgan fingerprint density at radius 2 is 1.96 bits per heavy atom. The molecule has 0 aliphatic carbocycles. The maximum absolute atomic E-state index is 13.1. The number of hydrogen-bond donors (Lipinski definition) is 2. The summed E-state index contributed by atoms with van der Waals surface area (Å²) in [5, 5.41) is 11.6. The van der Waals surface area contributed by atoms with Crippen molar-refractivity contribution in [3.05, 3.63) is 71.8 Å². The van der Waals surface area contributed by atoms with Crippen molar-refractivity contribution in [2.45, 2.75) is 4.90 Å². The smallest absolute Gasteiger partial charge is 0.264 e. The first-order valence-corrected chi connectivity index (χ1v) is 9.61. The van der Waals surface area contributed by atoms with Gasteiger partial charge in [0.1, 0.15) is 0 Å². The van der Waals surface area contributed by atoms with E-state index in [-0.39, 0.29) is 35.2 Å². The minimum absolute atomic E-state index is 0.0208. The van der Waals surface area contributed by atoms with Crippen LogP contribution in [0.2, 0.25) is 5.02 Å². The quantitative estimate of drug-likeness (QED) is 0.673. The standard InChI is InChI=1S/C18H19ClN2O4S/c1-2-11-21(17-9-4-3-8-16(17)19)26(24,25)15-7-5-6-14(13-15)18(23)20-10-12-22/h2-9,13,22H,1,10-12H2,(H,20,23). The highest BCUT2D eigenvalue weighted by Gasteiger charge is 2.26. The van der Waals surface area contributed by atoms with Crippen LogP contribution >= 0.6 is 11.6 Å². The van der Waals surface area contributed by atoms with E-state index in [1.807, 2.05) is 0 Å². The molecule has 0 aromatic heterocycles. The van der Waals surface area contributed by atoms with Gasteiger partial charge in [0.15, 0.2) is 0 Å². The van der Waals surface area contributed by atoms with Gasteiger partial charge in [-0.2, -0.15) is 0 Å². The first-order chi connectivity index (χ1) is 12.4. The summed E-state index contributed by atoms with van der Waals surface area (Å²) in [5.41, 5.74) is 0.501. The van der Waals surface area contributed by atoms with Crippen molar-refractivity contribution >= 4 is 33.2 Å². The van der Waals surface area contributed by atoms with E-state index in [2.05, 4.69) is 11.9 Å². The van der Waals surface area contributed by atoms with Crippen molar-refractivity contribution in [2.75, 3.05) is 24.0 Å². The van der Waals surface area contributed by atoms with Crippen LogP contribution in [0, 0.1) is 0 Å². The van der Waals surface area contributed by atoms with Crippen molar-refractivity contribution in [3.63, 3.8) is 0 Å². The lowest BCUT2D eigenvalue weighted by Gasteiger charge is -2.24. The lowest BCUT2D eigenvalue weighted by atomic mass is 10.2. The Balaban J connectivity index is 2.45. The SMILES string of the molecule is C=CCN(c1ccccc1Cl)S(=O)(=O)c1cccc(C(=O)NCCO)c1. The van der Waals surface area contributed by atoms with Crippen LogP contribution in [0.5, 0.6) is 0 Å². The minimum Gasteiger partial charge on any atom is -0.395 e. The van der Waals surface area contributed by atoms with Crippen LogP contribution < -0.4 is 9.62 Å². The predicted octanol–water partition coefficient (Wildman–Crippen LogP) is 2.44. The second-order valence-electron chi connectivity index (χ2n) is 5.28. The molecule has 0 fully saturated rings. The molecule has 1 amide bonds. The Morgan fingerprint density at radius 1 is 1.23 bits per heavy atom. The molecule has 8 heteroatoms. The van der Waals surface area contributed by atoms with Crippen molar-refractivity contribution in [1.29, 1.82) is 0 Å². The molecule has 0 bridgehead atoms. The molecule has 0 aliphatic rings. The zero-order valence-corrected chi connectivity index (χ0v) is 15.5. The maximum Gasteiger partial charge on any atom is 0.264 e. The number of rotatable bonds is 8. The summed E-state index contributed by atoms with van der Waals surface area (Å²) in [4.78, 5) is 12.0. The molecule has 0 saturated carbocycles. The average molecular weight is 395 g/mol. The Morgan fingerprint density at radius 3 is 2.62 bits per heavy atom. The molecule has 6 nitrogen and oxygen atoms in total. The number of benzene rings is 2. The summed E-state index contributed by atoms with van der Waals surface area (Å²) in [7, 11) is -3.97. The van der Waals surface area contributed by atoms with E-state index >= 15 is 0 Å². The Hall–Kier alpha value is -2.35. The van der Waals surface area contributed by atoms with Gasteiger partial charge in [-0.05, 0) is 30.3 Å². The van der Waals surface area contributed by atoms with Crippen LogP contribution in [0.1, 0.15) is 10.4 Å². The number of halogens is 1. The van der Waals surface area contributed by atoms with Crippen LogP contribution in [0.15, 0.2) is 66.1 Å². The molecule has 0 aliphatic heterocycles. The second kappa shape index (κ2) is 8.84. The van der Waals surface area contributed by atoms with E-state index < -0.39 is 15.9 Å². The summed E-state index contributed by atoms with van der Waals surface area (Å²) in [6.45, 7) is 3.50. The highest BCUT2D eigenvalue weighted by molar-refractivity contribution is 7.92. The molecule has 0 saturated heterocycles. The van der Waals surface area contributed by atoms with E-state index in [9.17, 15) is 13.2 Å². The lowest BCUT2D eigenvalue weighted by Crippen LogP contribution is -2.32. The monoisotopic (exact) mass is 394 g/mol. The Bertz CT molecular complexity index is 900. The summed E-state index contributed by atoms with van der Waals surface area (Å²) < 4.78 is 27.4. The molecule has 0 atom stereocenters. The van der Waals surface area contributed by atoms with Crippen molar-refractivity contribution in [3.8, 4) is 0 Å². The van der Waals surface area contributed by atoms with Crippen LogP contribution in [0.4, 0.5) is 5.69 Å². The number of hydrogen-bond acceptors (Lipinski definition) is 4. The van der Waals surface area contributed by atoms with Crippen LogP contribution in [-0.2, 0) is 10.0 Å². The average Bonchev–Trinajstić information content (AvgIpc) is 2.65. The zero-order chi connectivity index (χ0) is 19.2. The highest BCUT2D eigenvalue weighted by atomic mass is 35.5. The summed E-state index contributed by atoms with van der Waals surface area (Å²) in [6, 6.07) is 12.3. The van der Waals surface area contributed by atoms with Gasteiger partial charge in [0.25, 0.3) is 15.9 Å². The number of carbonyl (C=O) groups is 1. The highest BCUT2D eigenvalue weighted by Crippen LogP contribution is 2.30. The molecule has 0 unspecified atom stereocenters. The zero-order valence-electron chi connectivity index (χ0n) is 13.9. The van der Waals surface area contributed by atoms with Gasteiger partial charge >= 0.3 is 0 Å². The number of carbonyl (C=O) groups excluding carboxylic acids is 1. The first kappa shape index (κ1) is 20.0. The van der Waals surface area contributed by atoms with Gasteiger partial charge < -0.3 is 10.4 Å². The normalized spacial score (nSPS) is 11.0. The van der Waals surface area contributed by atoms with E-state index in [0.717, 1.165) is 4.31 Å². The minimum atomic E-state index is -3.97. The van der Waals surface area contributed by atoms with Gasteiger partial charge in [-0.25, -0.2) is 8.42 Å². The van der Waals surface area contributed by atoms with Gasteiger partial charge in [-0.15, -0.1) is 6.58 Å². The molecule has 2 rings (SSSR count). The number of anilines is 1. The van der Waals surface area contributed by atoms with E-state index in [1.54, 1.807) is 24.3 Å². The van der Waals surface area contributed by atoms with E-state index in [1.165, 1.54) is 30.3 Å². The number of sulfonamides is 1. The van der Waals surface area contributed by atoms with Crippen LogP contribution in [0.3, 0.4) is 0 Å². The van der Waals surface area contributed by atoms with Gasteiger partial charge in [0.2, 0.25) is 0 Å². The predicted molar refractivity (Wildman–Crippen MR) is 102 cm³/mol. The number of nitrogens with zero attached hydrogens (tertiary/aromatic N) is 1. The molecule has 138 valence electrons. The maximum atomic E-state index is 13.1. The van der Waals surface area contributed by atoms with Crippen LogP contribution in [-0.4, -0.2) is 39.1 Å². The molecule has 2 aromatic rings. The van der Waals surface area contributed by atoms with Gasteiger partial charge in [0.05, 0.1) is 28.8 Å². The van der Waals surface area contributed by atoms with E-state index in [4.69, 9.17) is 16.7 Å². The third-order valence-electron chi connectivity index (χ3n) is 3.50. The molecular weight excluding hydrogens is 376 g/mol. The number of amides is 1. The summed E-state index contributed by atoms with van der Waals surface area (Å²) in [6.07, 6.45) is 1.46. The fourth-order valence-electron chi connectivity index (χ4n) is 2.29. The Labute approximate surface area is 157 Å². The number of aliphatic hydroxyl groups excluding tert-OH is 1. The number of nitrogens with one attached hydrogen (secondary N) is 1. The lowest BCUT2D eigenvalue weighted by molar-refractivity contribution is 0.0944. The molecule has 2 N–H and O–H groups in total. The molecule has 0 spiro atoms. The largest absolute Gasteiger partial charge is 0.395 e. The molecular formula is C18H19ClN2O4S.